The Morgan fingerprint density at radius 1 is 1.36 bits per heavy atom. The molecule has 0 bridgehead atoms. The fraction of sp³-hybridized carbons (Fsp3) is 0.474. The summed E-state index contributed by atoms with van der Waals surface area (Å²) in [6.45, 7) is 4.49. The summed E-state index contributed by atoms with van der Waals surface area (Å²) in [5.41, 5.74) is 0. The number of thiocarbonyl (C=S) groups is 1. The molecule has 7 nitrogen and oxygen atoms in total. The van der Waals surface area contributed by atoms with Gasteiger partial charge in [0.25, 0.3) is 5.91 Å². The Labute approximate surface area is 172 Å². The summed E-state index contributed by atoms with van der Waals surface area (Å²) in [5.74, 6) is -1.34. The Bertz CT molecular complexity index is 810. The van der Waals surface area contributed by atoms with Gasteiger partial charge in [0.2, 0.25) is 5.91 Å². The average molecular weight is 423 g/mol. The smallest absolute Gasteiger partial charge is 0.306 e. The minimum Gasteiger partial charge on any atom is -0.481 e. The van der Waals surface area contributed by atoms with Gasteiger partial charge in [-0.05, 0) is 30.9 Å². The molecule has 1 aromatic rings. The zero-order valence-corrected chi connectivity index (χ0v) is 17.3. The predicted octanol–water partition coefficient (Wildman–Crippen LogP) is 2.83. The number of hydrogen-bond donors (Lipinski definition) is 1. The molecule has 2 amide bonds. The second-order valence-electron chi connectivity index (χ2n) is 7.19. The maximum absolute atomic E-state index is 13.2. The lowest BCUT2D eigenvalue weighted by molar-refractivity contribution is -0.148. The molecule has 3 rings (SSSR count). The highest BCUT2D eigenvalue weighted by Gasteiger charge is 2.44. The topological polar surface area (TPSA) is 91.1 Å². The summed E-state index contributed by atoms with van der Waals surface area (Å²) in [4.78, 5) is 40.8. The van der Waals surface area contributed by atoms with E-state index in [-0.39, 0.29) is 17.7 Å². The summed E-state index contributed by atoms with van der Waals surface area (Å²) in [5, 5.41) is 9.15. The molecule has 3 heterocycles. The lowest BCUT2D eigenvalue weighted by Gasteiger charge is -2.37. The molecule has 9 heteroatoms. The Morgan fingerprint density at radius 2 is 2.04 bits per heavy atom. The van der Waals surface area contributed by atoms with E-state index in [1.165, 1.54) is 11.2 Å². The van der Waals surface area contributed by atoms with Crippen LogP contribution >= 0.6 is 24.0 Å². The van der Waals surface area contributed by atoms with Gasteiger partial charge in [-0.1, -0.05) is 37.8 Å². The van der Waals surface area contributed by atoms with Crippen molar-refractivity contribution in [3.05, 3.63) is 29.1 Å². The first kappa shape index (κ1) is 20.6. The molecule has 0 aliphatic carbocycles. The molecule has 1 unspecified atom stereocenters. The van der Waals surface area contributed by atoms with Crippen LogP contribution in [0.5, 0.6) is 0 Å². The Kier molecular flexibility index (Phi) is 6.24. The highest BCUT2D eigenvalue weighted by atomic mass is 32.2. The van der Waals surface area contributed by atoms with E-state index < -0.39 is 17.9 Å². The number of carbonyl (C=O) groups is 3. The monoisotopic (exact) mass is 422 g/mol. The fourth-order valence-corrected chi connectivity index (χ4v) is 4.76. The number of nitrogens with zero attached hydrogens (tertiary/aromatic N) is 2. The van der Waals surface area contributed by atoms with Crippen molar-refractivity contribution in [1.82, 2.24) is 9.80 Å². The van der Waals surface area contributed by atoms with Crippen LogP contribution in [0.25, 0.3) is 6.08 Å². The molecule has 2 aliphatic heterocycles. The fourth-order valence-electron chi connectivity index (χ4n) is 3.45. The summed E-state index contributed by atoms with van der Waals surface area (Å²) >= 11 is 6.56. The van der Waals surface area contributed by atoms with Gasteiger partial charge in [-0.3, -0.25) is 19.3 Å². The number of carboxylic acid groups (broad SMARTS) is 1. The van der Waals surface area contributed by atoms with Crippen LogP contribution in [0.3, 0.4) is 0 Å². The van der Waals surface area contributed by atoms with Gasteiger partial charge in [0.15, 0.2) is 0 Å². The van der Waals surface area contributed by atoms with Crippen molar-refractivity contribution in [2.75, 3.05) is 13.1 Å². The Balaban J connectivity index is 1.78. The summed E-state index contributed by atoms with van der Waals surface area (Å²) < 4.78 is 5.61. The molecule has 2 saturated heterocycles. The van der Waals surface area contributed by atoms with Gasteiger partial charge in [-0.2, -0.15) is 0 Å². The summed E-state index contributed by atoms with van der Waals surface area (Å²) in [6.07, 6.45) is 3.98. The van der Waals surface area contributed by atoms with E-state index in [0.29, 0.717) is 40.9 Å². The third-order valence-electron chi connectivity index (χ3n) is 4.96. The summed E-state index contributed by atoms with van der Waals surface area (Å²) in [7, 11) is 0. The molecule has 2 aliphatic rings. The number of aliphatic carboxylic acids is 1. The second kappa shape index (κ2) is 8.48. The Morgan fingerprint density at radius 3 is 2.57 bits per heavy atom. The SMILES string of the molecule is CC(C)C(C(=O)N1CCC(C(=O)O)CC1)N1C(=O)C(=Cc2ccco2)SC1=S. The zero-order valence-electron chi connectivity index (χ0n) is 15.7. The molecule has 1 atom stereocenters. The lowest BCUT2D eigenvalue weighted by Crippen LogP contribution is -2.54. The first-order valence-electron chi connectivity index (χ1n) is 9.11. The van der Waals surface area contributed by atoms with Crippen molar-refractivity contribution in [3.63, 3.8) is 0 Å². The molecular formula is C19H22N2O5S2. The molecule has 0 spiro atoms. The number of piperidine rings is 1. The minimum atomic E-state index is -0.826. The highest BCUT2D eigenvalue weighted by molar-refractivity contribution is 8.26. The van der Waals surface area contributed by atoms with E-state index in [0.717, 1.165) is 11.8 Å². The standard InChI is InChI=1S/C19H22N2O5S2/c1-11(2)15(17(23)20-7-5-12(6-8-20)18(24)25)21-16(22)14(28-19(21)27)10-13-4-3-9-26-13/h3-4,9-12,15H,5-8H2,1-2H3,(H,24,25). The quantitative estimate of drug-likeness (QED) is 0.576. The highest BCUT2D eigenvalue weighted by Crippen LogP contribution is 2.36. The minimum absolute atomic E-state index is 0.143. The van der Waals surface area contributed by atoms with Crippen LogP contribution in [0.4, 0.5) is 0 Å². The largest absolute Gasteiger partial charge is 0.481 e. The first-order chi connectivity index (χ1) is 13.3. The molecular weight excluding hydrogens is 400 g/mol. The van der Waals surface area contributed by atoms with E-state index in [2.05, 4.69) is 0 Å². The molecule has 28 heavy (non-hydrogen) atoms. The number of rotatable bonds is 5. The Hall–Kier alpha value is -2.13. The third-order valence-corrected chi connectivity index (χ3v) is 6.29. The maximum Gasteiger partial charge on any atom is 0.306 e. The van der Waals surface area contributed by atoms with Crippen molar-refractivity contribution in [1.29, 1.82) is 0 Å². The van der Waals surface area contributed by atoms with Gasteiger partial charge >= 0.3 is 5.97 Å². The van der Waals surface area contributed by atoms with Crippen LogP contribution in [0.2, 0.25) is 0 Å². The number of thioether (sulfide) groups is 1. The van der Waals surface area contributed by atoms with Gasteiger partial charge in [0.1, 0.15) is 16.1 Å². The van der Waals surface area contributed by atoms with Crippen LogP contribution in [-0.2, 0) is 14.4 Å². The second-order valence-corrected chi connectivity index (χ2v) is 8.87. The number of likely N-dealkylation sites (tertiary alicyclic amines) is 1. The van der Waals surface area contributed by atoms with E-state index in [4.69, 9.17) is 21.7 Å². The predicted molar refractivity (Wildman–Crippen MR) is 109 cm³/mol. The number of furan rings is 1. The first-order valence-corrected chi connectivity index (χ1v) is 10.3. The number of hydrogen-bond acceptors (Lipinski definition) is 6. The van der Waals surface area contributed by atoms with Gasteiger partial charge in [0, 0.05) is 19.2 Å². The molecule has 150 valence electrons. The van der Waals surface area contributed by atoms with Crippen LogP contribution < -0.4 is 0 Å². The van der Waals surface area contributed by atoms with Crippen molar-refractivity contribution < 1.29 is 23.9 Å². The van der Waals surface area contributed by atoms with Crippen molar-refractivity contribution in [3.8, 4) is 0 Å². The maximum atomic E-state index is 13.2. The number of carboxylic acids is 1. The van der Waals surface area contributed by atoms with Crippen molar-refractivity contribution in [2.24, 2.45) is 11.8 Å². The van der Waals surface area contributed by atoms with Crippen LogP contribution in [0, 0.1) is 11.8 Å². The number of amides is 2. The van der Waals surface area contributed by atoms with Crippen molar-refractivity contribution >= 4 is 52.2 Å². The van der Waals surface area contributed by atoms with Crippen LogP contribution in [-0.4, -0.2) is 56.1 Å². The zero-order chi connectivity index (χ0) is 20.4. The van der Waals surface area contributed by atoms with E-state index in [1.54, 1.807) is 23.1 Å². The molecule has 2 fully saturated rings. The van der Waals surface area contributed by atoms with Gasteiger partial charge < -0.3 is 14.4 Å². The normalized spacial score (nSPS) is 21.0. The number of carbonyl (C=O) groups excluding carboxylic acids is 2. The van der Waals surface area contributed by atoms with E-state index in [9.17, 15) is 14.4 Å². The average Bonchev–Trinajstić information content (AvgIpc) is 3.25. The summed E-state index contributed by atoms with van der Waals surface area (Å²) in [6, 6.07) is 2.76. The molecule has 1 aromatic heterocycles. The molecule has 1 N–H and O–H groups in total. The van der Waals surface area contributed by atoms with Gasteiger partial charge in [-0.25, -0.2) is 0 Å². The van der Waals surface area contributed by atoms with Gasteiger partial charge in [0.05, 0.1) is 17.1 Å². The molecule has 0 aromatic carbocycles. The van der Waals surface area contributed by atoms with Crippen LogP contribution in [0.1, 0.15) is 32.4 Å². The van der Waals surface area contributed by atoms with E-state index >= 15 is 0 Å². The molecule has 0 radical (unpaired) electrons. The third kappa shape index (κ3) is 4.15. The van der Waals surface area contributed by atoms with Crippen LogP contribution in [0.15, 0.2) is 27.7 Å². The van der Waals surface area contributed by atoms with Gasteiger partial charge in [-0.15, -0.1) is 0 Å². The van der Waals surface area contributed by atoms with Crippen molar-refractivity contribution in [2.45, 2.75) is 32.7 Å². The molecule has 0 saturated carbocycles. The lowest BCUT2D eigenvalue weighted by atomic mass is 9.94. The van der Waals surface area contributed by atoms with E-state index in [1.807, 2.05) is 13.8 Å².